The molecule has 0 aromatic heterocycles. The lowest BCUT2D eigenvalue weighted by Gasteiger charge is -2.32. The van der Waals surface area contributed by atoms with Crippen molar-refractivity contribution in [1.29, 1.82) is 0 Å². The Morgan fingerprint density at radius 1 is 1.50 bits per heavy atom. The molecule has 1 aromatic rings. The van der Waals surface area contributed by atoms with Crippen molar-refractivity contribution in [1.82, 2.24) is 10.4 Å². The number of rotatable bonds is 1. The first-order chi connectivity index (χ1) is 8.44. The van der Waals surface area contributed by atoms with Gasteiger partial charge in [0.05, 0.1) is 0 Å². The van der Waals surface area contributed by atoms with Gasteiger partial charge >= 0.3 is 0 Å². The molecule has 0 saturated heterocycles. The highest BCUT2D eigenvalue weighted by atomic mass is 16.5. The SMILES string of the molecule is CN1Cc2ccc(C(=O)NO)cc2OCC1(C)C. The fourth-order valence-electron chi connectivity index (χ4n) is 1.86. The van der Waals surface area contributed by atoms with Crippen LogP contribution in [0.1, 0.15) is 29.8 Å². The lowest BCUT2D eigenvalue weighted by molar-refractivity contribution is 0.0705. The van der Waals surface area contributed by atoms with Gasteiger partial charge in [-0.25, -0.2) is 5.48 Å². The second-order valence-corrected chi connectivity index (χ2v) is 5.22. The number of hydrogen-bond donors (Lipinski definition) is 2. The predicted molar refractivity (Wildman–Crippen MR) is 66.7 cm³/mol. The Morgan fingerprint density at radius 3 is 2.89 bits per heavy atom. The first-order valence-corrected chi connectivity index (χ1v) is 5.85. The molecule has 1 heterocycles. The highest BCUT2D eigenvalue weighted by Crippen LogP contribution is 2.29. The third-order valence-corrected chi connectivity index (χ3v) is 3.45. The molecule has 5 heteroatoms. The summed E-state index contributed by atoms with van der Waals surface area (Å²) < 4.78 is 5.77. The highest BCUT2D eigenvalue weighted by Gasteiger charge is 2.29. The van der Waals surface area contributed by atoms with Gasteiger partial charge in [-0.2, -0.15) is 0 Å². The Bertz CT molecular complexity index is 471. The molecule has 0 fully saturated rings. The molecule has 5 nitrogen and oxygen atoms in total. The number of fused-ring (bicyclic) bond motifs is 1. The number of ether oxygens (including phenoxy) is 1. The summed E-state index contributed by atoms with van der Waals surface area (Å²) in [5.41, 5.74) is 2.99. The summed E-state index contributed by atoms with van der Waals surface area (Å²) in [7, 11) is 2.05. The number of carbonyl (C=O) groups is 1. The average Bonchev–Trinajstić information content (AvgIpc) is 2.46. The second-order valence-electron chi connectivity index (χ2n) is 5.22. The Morgan fingerprint density at radius 2 is 2.22 bits per heavy atom. The largest absolute Gasteiger partial charge is 0.491 e. The maximum absolute atomic E-state index is 11.3. The number of likely N-dealkylation sites (N-methyl/N-ethyl adjacent to an activating group) is 1. The molecule has 0 bridgehead atoms. The molecule has 1 aliphatic rings. The van der Waals surface area contributed by atoms with Gasteiger partial charge in [0, 0.05) is 23.2 Å². The van der Waals surface area contributed by atoms with Crippen LogP contribution in [0.25, 0.3) is 0 Å². The fourth-order valence-corrected chi connectivity index (χ4v) is 1.86. The van der Waals surface area contributed by atoms with Crippen LogP contribution >= 0.6 is 0 Å². The van der Waals surface area contributed by atoms with Crippen LogP contribution in [0.3, 0.4) is 0 Å². The van der Waals surface area contributed by atoms with Gasteiger partial charge in [-0.05, 0) is 33.0 Å². The van der Waals surface area contributed by atoms with Crippen LogP contribution in [0.15, 0.2) is 18.2 Å². The van der Waals surface area contributed by atoms with Crippen LogP contribution in [0.4, 0.5) is 0 Å². The van der Waals surface area contributed by atoms with Crippen molar-refractivity contribution in [3.05, 3.63) is 29.3 Å². The van der Waals surface area contributed by atoms with Gasteiger partial charge < -0.3 is 4.74 Å². The number of benzene rings is 1. The summed E-state index contributed by atoms with van der Waals surface area (Å²) in [6, 6.07) is 5.20. The molecular weight excluding hydrogens is 232 g/mol. The monoisotopic (exact) mass is 250 g/mol. The van der Waals surface area contributed by atoms with E-state index >= 15 is 0 Å². The molecule has 0 saturated carbocycles. The third-order valence-electron chi connectivity index (χ3n) is 3.45. The summed E-state index contributed by atoms with van der Waals surface area (Å²) in [4.78, 5) is 13.6. The van der Waals surface area contributed by atoms with Gasteiger partial charge in [0.25, 0.3) is 5.91 Å². The standard InChI is InChI=1S/C13H18N2O3/c1-13(2)8-18-11-6-9(12(16)14-17)4-5-10(11)7-15(13)3/h4-6,17H,7-8H2,1-3H3,(H,14,16). The van der Waals surface area contributed by atoms with E-state index in [1.54, 1.807) is 17.6 Å². The first kappa shape index (κ1) is 12.9. The first-order valence-electron chi connectivity index (χ1n) is 5.85. The number of carbonyl (C=O) groups excluding carboxylic acids is 1. The maximum Gasteiger partial charge on any atom is 0.274 e. The number of hydroxylamine groups is 1. The van der Waals surface area contributed by atoms with E-state index in [1.165, 1.54) is 0 Å². The van der Waals surface area contributed by atoms with Gasteiger partial charge in [-0.1, -0.05) is 6.07 Å². The zero-order chi connectivity index (χ0) is 13.3. The van der Waals surface area contributed by atoms with Gasteiger partial charge in [0.15, 0.2) is 0 Å². The van der Waals surface area contributed by atoms with Crippen LogP contribution in [-0.4, -0.2) is 35.2 Å². The minimum Gasteiger partial charge on any atom is -0.491 e. The van der Waals surface area contributed by atoms with E-state index in [1.807, 2.05) is 13.1 Å². The summed E-state index contributed by atoms with van der Waals surface area (Å²) in [6.45, 7) is 5.55. The van der Waals surface area contributed by atoms with E-state index in [4.69, 9.17) is 9.94 Å². The molecule has 1 aliphatic heterocycles. The normalized spacial score (nSPS) is 18.4. The molecule has 1 amide bonds. The van der Waals surface area contributed by atoms with Gasteiger partial charge in [0.1, 0.15) is 12.4 Å². The fraction of sp³-hybridized carbons (Fsp3) is 0.462. The third kappa shape index (κ3) is 2.32. The average molecular weight is 250 g/mol. The van der Waals surface area contributed by atoms with Crippen molar-refractivity contribution in [2.24, 2.45) is 0 Å². The quantitative estimate of drug-likeness (QED) is 0.584. The van der Waals surface area contributed by atoms with Crippen molar-refractivity contribution in [3.8, 4) is 5.75 Å². The molecule has 98 valence electrons. The van der Waals surface area contributed by atoms with Crippen molar-refractivity contribution in [2.45, 2.75) is 25.9 Å². The van der Waals surface area contributed by atoms with E-state index in [0.29, 0.717) is 17.9 Å². The van der Waals surface area contributed by atoms with Gasteiger partial charge in [0.2, 0.25) is 0 Å². The number of nitrogens with one attached hydrogen (secondary N) is 1. The lowest BCUT2D eigenvalue weighted by Crippen LogP contribution is -2.43. The minimum atomic E-state index is -0.529. The van der Waals surface area contributed by atoms with Crippen LogP contribution in [0.5, 0.6) is 5.75 Å². The molecule has 0 aliphatic carbocycles. The van der Waals surface area contributed by atoms with E-state index in [9.17, 15) is 4.79 Å². The van der Waals surface area contributed by atoms with Gasteiger partial charge in [-0.3, -0.25) is 14.9 Å². The zero-order valence-corrected chi connectivity index (χ0v) is 10.9. The zero-order valence-electron chi connectivity index (χ0n) is 10.9. The Balaban J connectivity index is 2.33. The second kappa shape index (κ2) is 4.59. The van der Waals surface area contributed by atoms with Crippen LogP contribution in [-0.2, 0) is 6.54 Å². The molecule has 0 atom stereocenters. The Kier molecular flexibility index (Phi) is 3.28. The number of nitrogens with zero attached hydrogens (tertiary/aromatic N) is 1. The summed E-state index contributed by atoms with van der Waals surface area (Å²) >= 11 is 0. The predicted octanol–water partition coefficient (Wildman–Crippen LogP) is 1.41. The molecule has 0 radical (unpaired) electrons. The van der Waals surface area contributed by atoms with Crippen molar-refractivity contribution in [2.75, 3.05) is 13.7 Å². The summed E-state index contributed by atoms with van der Waals surface area (Å²) in [6.07, 6.45) is 0. The number of amides is 1. The van der Waals surface area contributed by atoms with Crippen LogP contribution < -0.4 is 10.2 Å². The molecule has 2 N–H and O–H groups in total. The van der Waals surface area contributed by atoms with Crippen molar-refractivity contribution in [3.63, 3.8) is 0 Å². The Labute approximate surface area is 106 Å². The van der Waals surface area contributed by atoms with Crippen LogP contribution in [0, 0.1) is 0 Å². The minimum absolute atomic E-state index is 0.0571. The molecule has 2 rings (SSSR count). The smallest absolute Gasteiger partial charge is 0.274 e. The molecule has 1 aromatic carbocycles. The van der Waals surface area contributed by atoms with E-state index in [-0.39, 0.29) is 5.54 Å². The van der Waals surface area contributed by atoms with Crippen LogP contribution in [0.2, 0.25) is 0 Å². The molecular formula is C13H18N2O3. The van der Waals surface area contributed by atoms with Gasteiger partial charge in [-0.15, -0.1) is 0 Å². The lowest BCUT2D eigenvalue weighted by atomic mass is 10.0. The number of hydrogen-bond acceptors (Lipinski definition) is 4. The molecule has 0 spiro atoms. The Hall–Kier alpha value is -1.59. The molecule has 18 heavy (non-hydrogen) atoms. The van der Waals surface area contributed by atoms with Crippen molar-refractivity contribution >= 4 is 5.91 Å². The summed E-state index contributed by atoms with van der Waals surface area (Å²) in [5.74, 6) is 0.173. The topological polar surface area (TPSA) is 61.8 Å². The van der Waals surface area contributed by atoms with E-state index < -0.39 is 5.91 Å². The molecule has 0 unspecified atom stereocenters. The van der Waals surface area contributed by atoms with E-state index in [2.05, 4.69) is 18.7 Å². The van der Waals surface area contributed by atoms with Crippen molar-refractivity contribution < 1.29 is 14.7 Å². The van der Waals surface area contributed by atoms with E-state index in [0.717, 1.165) is 12.1 Å². The highest BCUT2D eigenvalue weighted by molar-refractivity contribution is 5.93. The summed E-state index contributed by atoms with van der Waals surface area (Å²) in [5, 5.41) is 8.62. The maximum atomic E-state index is 11.3.